The number of rotatable bonds is 8. The molecular weight excluding hydrogens is 429 g/mol. The molecule has 2 aromatic carbocycles. The zero-order valence-corrected chi connectivity index (χ0v) is 20.3. The minimum Gasteiger partial charge on any atom is -0.379 e. The van der Waals surface area contributed by atoms with E-state index >= 15 is 4.39 Å². The van der Waals surface area contributed by atoms with E-state index in [4.69, 9.17) is 4.74 Å². The molecule has 176 valence electrons. The van der Waals surface area contributed by atoms with Crippen LogP contribution in [0.2, 0.25) is 0 Å². The van der Waals surface area contributed by atoms with Crippen LogP contribution in [0.25, 0.3) is 0 Å². The molecule has 6 nitrogen and oxygen atoms in total. The van der Waals surface area contributed by atoms with Gasteiger partial charge < -0.3 is 15.0 Å². The van der Waals surface area contributed by atoms with Crippen molar-refractivity contribution in [2.24, 2.45) is 0 Å². The number of sulfonamides is 1. The van der Waals surface area contributed by atoms with E-state index in [-0.39, 0.29) is 18.0 Å². The fourth-order valence-electron chi connectivity index (χ4n) is 3.92. The van der Waals surface area contributed by atoms with Gasteiger partial charge >= 0.3 is 0 Å². The number of ether oxygens (including phenoxy) is 1. The second kappa shape index (κ2) is 10.1. The smallest absolute Gasteiger partial charge is 0.235 e. The Morgan fingerprint density at radius 2 is 1.72 bits per heavy atom. The molecule has 0 amide bonds. The van der Waals surface area contributed by atoms with Crippen molar-refractivity contribution in [1.29, 1.82) is 0 Å². The average Bonchev–Trinajstić information content (AvgIpc) is 2.72. The Balaban J connectivity index is 1.70. The van der Waals surface area contributed by atoms with Gasteiger partial charge in [0.25, 0.3) is 0 Å². The lowest BCUT2D eigenvalue weighted by atomic mass is 10.0. The van der Waals surface area contributed by atoms with Gasteiger partial charge in [-0.1, -0.05) is 19.1 Å². The summed E-state index contributed by atoms with van der Waals surface area (Å²) < 4.78 is 47.7. The van der Waals surface area contributed by atoms with Crippen LogP contribution in [0.5, 0.6) is 0 Å². The third kappa shape index (κ3) is 5.72. The van der Waals surface area contributed by atoms with Crippen LogP contribution in [0.3, 0.4) is 0 Å². The topological polar surface area (TPSA) is 70.7 Å². The van der Waals surface area contributed by atoms with Crippen LogP contribution in [0.15, 0.2) is 36.4 Å². The number of nitrogens with zero attached hydrogens (tertiary/aromatic N) is 1. The van der Waals surface area contributed by atoms with E-state index in [2.05, 4.69) is 14.9 Å². The Morgan fingerprint density at radius 3 is 2.28 bits per heavy atom. The van der Waals surface area contributed by atoms with Crippen LogP contribution in [-0.4, -0.2) is 39.0 Å². The summed E-state index contributed by atoms with van der Waals surface area (Å²) in [5.41, 5.74) is 3.54. The van der Waals surface area contributed by atoms with Crippen LogP contribution < -0.4 is 14.9 Å². The van der Waals surface area contributed by atoms with Gasteiger partial charge in [0.2, 0.25) is 10.0 Å². The molecule has 1 saturated heterocycles. The first-order valence-corrected chi connectivity index (χ1v) is 12.7. The van der Waals surface area contributed by atoms with Gasteiger partial charge in [-0.05, 0) is 63.9 Å². The predicted octanol–water partition coefficient (Wildman–Crippen LogP) is 4.76. The Morgan fingerprint density at radius 1 is 1.09 bits per heavy atom. The molecule has 0 unspecified atom stereocenters. The number of halogens is 1. The van der Waals surface area contributed by atoms with E-state index in [9.17, 15) is 8.42 Å². The molecule has 2 atom stereocenters. The Kier molecular flexibility index (Phi) is 7.67. The SMILES string of the molecule is CCc1c(N2C[C@@H](C)O[C@@H](C)C2)ccc(NCc2ccc(NS(=O)(=O)C(C)C)cc2)c1F. The molecule has 2 aromatic rings. The molecule has 1 fully saturated rings. The van der Waals surface area contributed by atoms with Gasteiger partial charge in [0.05, 0.1) is 23.1 Å². The molecule has 0 bridgehead atoms. The van der Waals surface area contributed by atoms with E-state index < -0.39 is 15.3 Å². The summed E-state index contributed by atoms with van der Waals surface area (Å²) in [7, 11) is -3.38. The van der Waals surface area contributed by atoms with Crippen LogP contribution in [0.1, 0.15) is 45.7 Å². The van der Waals surface area contributed by atoms with Crippen LogP contribution in [0.4, 0.5) is 21.5 Å². The highest BCUT2D eigenvalue weighted by atomic mass is 32.2. The van der Waals surface area contributed by atoms with Gasteiger partial charge in [0, 0.05) is 36.6 Å². The second-order valence-corrected chi connectivity index (χ2v) is 10.9. The minimum atomic E-state index is -3.38. The number of nitrogens with one attached hydrogen (secondary N) is 2. The third-order valence-corrected chi connectivity index (χ3v) is 7.41. The summed E-state index contributed by atoms with van der Waals surface area (Å²) in [6.45, 7) is 11.2. The van der Waals surface area contributed by atoms with Crippen molar-refractivity contribution in [3.05, 3.63) is 53.3 Å². The van der Waals surface area contributed by atoms with Gasteiger partial charge in [-0.15, -0.1) is 0 Å². The molecule has 1 heterocycles. The quantitative estimate of drug-likeness (QED) is 0.590. The summed E-state index contributed by atoms with van der Waals surface area (Å²) in [6.07, 6.45) is 0.816. The van der Waals surface area contributed by atoms with Crippen molar-refractivity contribution in [2.45, 2.75) is 65.0 Å². The highest BCUT2D eigenvalue weighted by Crippen LogP contribution is 2.31. The molecular formula is C24H34FN3O3S. The average molecular weight is 464 g/mol. The zero-order chi connectivity index (χ0) is 23.5. The number of hydrogen-bond donors (Lipinski definition) is 2. The number of hydrogen-bond acceptors (Lipinski definition) is 5. The van der Waals surface area contributed by atoms with E-state index in [0.717, 1.165) is 24.3 Å². The van der Waals surface area contributed by atoms with Crippen molar-refractivity contribution >= 4 is 27.1 Å². The second-order valence-electron chi connectivity index (χ2n) is 8.69. The Labute approximate surface area is 191 Å². The molecule has 0 radical (unpaired) electrons. The van der Waals surface area contributed by atoms with E-state index in [1.165, 1.54) is 0 Å². The lowest BCUT2D eigenvalue weighted by molar-refractivity contribution is -0.00527. The van der Waals surface area contributed by atoms with E-state index in [1.54, 1.807) is 32.0 Å². The fourth-order valence-corrected chi connectivity index (χ4v) is 4.63. The van der Waals surface area contributed by atoms with Gasteiger partial charge in [-0.25, -0.2) is 12.8 Å². The van der Waals surface area contributed by atoms with Gasteiger partial charge in [0.15, 0.2) is 5.82 Å². The summed E-state index contributed by atoms with van der Waals surface area (Å²) in [4.78, 5) is 2.21. The third-order valence-electron chi connectivity index (χ3n) is 5.65. The first-order valence-electron chi connectivity index (χ1n) is 11.2. The van der Waals surface area contributed by atoms with Gasteiger partial charge in [0.1, 0.15) is 0 Å². The monoisotopic (exact) mass is 463 g/mol. The highest BCUT2D eigenvalue weighted by Gasteiger charge is 2.25. The number of morpholine rings is 1. The van der Waals surface area contributed by atoms with Crippen LogP contribution >= 0.6 is 0 Å². The Bertz CT molecular complexity index is 1020. The largest absolute Gasteiger partial charge is 0.379 e. The summed E-state index contributed by atoms with van der Waals surface area (Å²) >= 11 is 0. The molecule has 2 N–H and O–H groups in total. The summed E-state index contributed by atoms with van der Waals surface area (Å²) in [6, 6.07) is 10.9. The molecule has 1 aliphatic rings. The molecule has 8 heteroatoms. The van der Waals surface area contributed by atoms with Gasteiger partial charge in [-0.3, -0.25) is 4.72 Å². The van der Waals surface area contributed by atoms with Crippen molar-refractivity contribution in [3.63, 3.8) is 0 Å². The van der Waals surface area contributed by atoms with E-state index in [0.29, 0.717) is 29.9 Å². The standard InChI is InChI=1S/C24H34FN3O3S/c1-6-21-23(28-14-17(4)31-18(5)15-28)12-11-22(24(21)25)26-13-19-7-9-20(10-8-19)27-32(29,30)16(2)3/h7-12,16-18,26-27H,6,13-15H2,1-5H3/t17-,18+. The van der Waals surface area contributed by atoms with Crippen LogP contribution in [-0.2, 0) is 27.7 Å². The fraction of sp³-hybridized carbons (Fsp3) is 0.500. The van der Waals surface area contributed by atoms with Crippen molar-refractivity contribution in [2.75, 3.05) is 28.0 Å². The molecule has 0 aliphatic carbocycles. The van der Waals surface area contributed by atoms with Crippen molar-refractivity contribution in [1.82, 2.24) is 0 Å². The maximum absolute atomic E-state index is 15.3. The molecule has 1 aliphatic heterocycles. The normalized spacial score (nSPS) is 19.3. The lowest BCUT2D eigenvalue weighted by Crippen LogP contribution is -2.45. The molecule has 0 saturated carbocycles. The van der Waals surface area contributed by atoms with Gasteiger partial charge in [-0.2, -0.15) is 0 Å². The maximum atomic E-state index is 15.3. The van der Waals surface area contributed by atoms with E-state index in [1.807, 2.05) is 39.0 Å². The van der Waals surface area contributed by atoms with Crippen LogP contribution in [0, 0.1) is 5.82 Å². The summed E-state index contributed by atoms with van der Waals surface area (Å²) in [5.74, 6) is -0.224. The first kappa shape index (κ1) is 24.3. The first-order chi connectivity index (χ1) is 15.1. The van der Waals surface area contributed by atoms with Crippen molar-refractivity contribution in [3.8, 4) is 0 Å². The minimum absolute atomic E-state index is 0.109. The number of benzene rings is 2. The zero-order valence-electron chi connectivity index (χ0n) is 19.5. The lowest BCUT2D eigenvalue weighted by Gasteiger charge is -2.38. The molecule has 0 aromatic heterocycles. The number of anilines is 3. The molecule has 0 spiro atoms. The molecule has 32 heavy (non-hydrogen) atoms. The Hall–Kier alpha value is -2.32. The van der Waals surface area contributed by atoms with Crippen molar-refractivity contribution < 1.29 is 17.5 Å². The predicted molar refractivity (Wildman–Crippen MR) is 129 cm³/mol. The maximum Gasteiger partial charge on any atom is 0.235 e. The highest BCUT2D eigenvalue weighted by molar-refractivity contribution is 7.93. The molecule has 3 rings (SSSR count). The summed E-state index contributed by atoms with van der Waals surface area (Å²) in [5, 5.41) is 2.67.